The summed E-state index contributed by atoms with van der Waals surface area (Å²) in [5, 5.41) is 10.4. The molecule has 1 saturated heterocycles. The molecule has 5 heteroatoms. The third-order valence-electron chi connectivity index (χ3n) is 4.66. The van der Waals surface area contributed by atoms with Crippen molar-refractivity contribution < 1.29 is 9.90 Å². The normalized spacial score (nSPS) is 19.8. The first kappa shape index (κ1) is 16.9. The van der Waals surface area contributed by atoms with Crippen LogP contribution in [0, 0.1) is 6.92 Å². The maximum Gasteiger partial charge on any atom is 0.320 e. The third kappa shape index (κ3) is 3.45. The summed E-state index contributed by atoms with van der Waals surface area (Å²) in [5.74, 6) is -0.762. The molecule has 2 heterocycles. The Bertz CT molecular complexity index is 718. The molecule has 0 amide bonds. The lowest BCUT2D eigenvalue weighted by Crippen LogP contribution is -2.47. The zero-order valence-corrected chi connectivity index (χ0v) is 14.4. The summed E-state index contributed by atoms with van der Waals surface area (Å²) in [4.78, 5) is 18.4. The molecular weight excluding hydrogens is 324 g/mol. The van der Waals surface area contributed by atoms with Crippen LogP contribution in [0.5, 0.6) is 0 Å². The van der Waals surface area contributed by atoms with Crippen molar-refractivity contribution >= 4 is 17.6 Å². The number of likely N-dealkylation sites (tertiary alicyclic amines) is 1. The molecule has 0 radical (unpaired) electrons. The van der Waals surface area contributed by atoms with Gasteiger partial charge in [-0.05, 0) is 55.6 Å². The molecule has 2 aromatic rings. The number of carboxylic acids is 1. The first-order chi connectivity index (χ1) is 11.6. The van der Waals surface area contributed by atoms with Crippen molar-refractivity contribution in [3.63, 3.8) is 0 Å². The Kier molecular flexibility index (Phi) is 5.17. The predicted octanol–water partition coefficient (Wildman–Crippen LogP) is 4.07. The molecule has 1 aliphatic rings. The van der Waals surface area contributed by atoms with Crippen molar-refractivity contribution in [1.82, 2.24) is 9.88 Å². The van der Waals surface area contributed by atoms with Crippen molar-refractivity contribution in [2.24, 2.45) is 0 Å². The summed E-state index contributed by atoms with van der Waals surface area (Å²) in [6, 6.07) is 10.9. The summed E-state index contributed by atoms with van der Waals surface area (Å²) < 4.78 is 0. The molecule has 1 aromatic carbocycles. The van der Waals surface area contributed by atoms with Crippen LogP contribution in [0.1, 0.15) is 42.1 Å². The van der Waals surface area contributed by atoms with Crippen LogP contribution in [-0.2, 0) is 4.79 Å². The molecule has 0 aliphatic carbocycles. The Morgan fingerprint density at radius 2 is 2.04 bits per heavy atom. The molecule has 3 rings (SSSR count). The molecule has 4 nitrogen and oxygen atoms in total. The van der Waals surface area contributed by atoms with Gasteiger partial charge in [0.2, 0.25) is 0 Å². The van der Waals surface area contributed by atoms with E-state index in [0.29, 0.717) is 11.4 Å². The molecule has 2 unspecified atom stereocenters. The molecular formula is C19H21ClN2O2. The quantitative estimate of drug-likeness (QED) is 0.908. The van der Waals surface area contributed by atoms with Crippen LogP contribution in [0.3, 0.4) is 0 Å². The minimum atomic E-state index is -0.762. The maximum absolute atomic E-state index is 11.8. The van der Waals surface area contributed by atoms with E-state index in [9.17, 15) is 9.90 Å². The Hall–Kier alpha value is -1.91. The van der Waals surface area contributed by atoms with E-state index in [1.807, 2.05) is 43.3 Å². The summed E-state index contributed by atoms with van der Waals surface area (Å²) in [5.41, 5.74) is 2.99. The number of pyridine rings is 1. The summed E-state index contributed by atoms with van der Waals surface area (Å²) in [6.45, 7) is 2.77. The fourth-order valence-corrected chi connectivity index (χ4v) is 3.59. The van der Waals surface area contributed by atoms with E-state index < -0.39 is 12.0 Å². The second-order valence-electron chi connectivity index (χ2n) is 6.25. The molecule has 1 aliphatic heterocycles. The van der Waals surface area contributed by atoms with Crippen LogP contribution in [0.2, 0.25) is 5.02 Å². The van der Waals surface area contributed by atoms with E-state index in [1.54, 1.807) is 6.20 Å². The molecule has 0 spiro atoms. The number of nitrogens with zero attached hydrogens (tertiary/aromatic N) is 2. The predicted molar refractivity (Wildman–Crippen MR) is 94.2 cm³/mol. The first-order valence-corrected chi connectivity index (χ1v) is 8.61. The number of aliphatic carboxylic acids is 1. The minimum Gasteiger partial charge on any atom is -0.480 e. The van der Waals surface area contributed by atoms with E-state index in [-0.39, 0.29) is 6.04 Å². The number of benzene rings is 1. The Labute approximate surface area is 147 Å². The molecule has 1 N–H and O–H groups in total. The van der Waals surface area contributed by atoms with Crippen molar-refractivity contribution in [1.29, 1.82) is 0 Å². The van der Waals surface area contributed by atoms with Crippen LogP contribution >= 0.6 is 11.6 Å². The van der Waals surface area contributed by atoms with Gasteiger partial charge in [0.05, 0.1) is 11.7 Å². The van der Waals surface area contributed by atoms with Gasteiger partial charge in [-0.15, -0.1) is 0 Å². The van der Waals surface area contributed by atoms with Crippen LogP contribution in [0.4, 0.5) is 0 Å². The molecule has 1 fully saturated rings. The maximum atomic E-state index is 11.8. The van der Waals surface area contributed by atoms with Gasteiger partial charge in [-0.1, -0.05) is 36.2 Å². The second-order valence-corrected chi connectivity index (χ2v) is 6.68. The van der Waals surface area contributed by atoms with Gasteiger partial charge in [-0.25, -0.2) is 0 Å². The van der Waals surface area contributed by atoms with E-state index >= 15 is 0 Å². The van der Waals surface area contributed by atoms with Gasteiger partial charge in [0, 0.05) is 11.2 Å². The minimum absolute atomic E-state index is 0.176. The third-order valence-corrected chi connectivity index (χ3v) is 4.91. The van der Waals surface area contributed by atoms with Gasteiger partial charge >= 0.3 is 5.97 Å². The Balaban J connectivity index is 2.09. The van der Waals surface area contributed by atoms with Gasteiger partial charge in [0.15, 0.2) is 0 Å². The average Bonchev–Trinajstić information content (AvgIpc) is 2.59. The van der Waals surface area contributed by atoms with Crippen molar-refractivity contribution in [3.05, 3.63) is 64.4 Å². The Morgan fingerprint density at radius 1 is 1.29 bits per heavy atom. The first-order valence-electron chi connectivity index (χ1n) is 8.23. The number of aromatic nitrogens is 1. The lowest BCUT2D eigenvalue weighted by atomic mass is 9.92. The lowest BCUT2D eigenvalue weighted by Gasteiger charge is -2.39. The number of carbonyl (C=O) groups is 1. The highest BCUT2D eigenvalue weighted by Gasteiger charge is 2.36. The van der Waals surface area contributed by atoms with Crippen LogP contribution < -0.4 is 0 Å². The van der Waals surface area contributed by atoms with Crippen molar-refractivity contribution in [3.8, 4) is 0 Å². The Morgan fingerprint density at radius 3 is 2.71 bits per heavy atom. The molecule has 0 saturated carbocycles. The van der Waals surface area contributed by atoms with Crippen LogP contribution in [0.15, 0.2) is 42.6 Å². The smallest absolute Gasteiger partial charge is 0.320 e. The van der Waals surface area contributed by atoms with E-state index in [1.165, 1.54) is 0 Å². The largest absolute Gasteiger partial charge is 0.480 e. The van der Waals surface area contributed by atoms with E-state index in [0.717, 1.165) is 36.2 Å². The zero-order valence-electron chi connectivity index (χ0n) is 13.7. The number of aryl methyl sites for hydroxylation is 1. The van der Waals surface area contributed by atoms with Gasteiger partial charge in [-0.2, -0.15) is 0 Å². The molecule has 0 bridgehead atoms. The van der Waals surface area contributed by atoms with Gasteiger partial charge < -0.3 is 5.11 Å². The van der Waals surface area contributed by atoms with Gasteiger partial charge in [0.25, 0.3) is 0 Å². The summed E-state index contributed by atoms with van der Waals surface area (Å²) >= 11 is 6.04. The number of piperidine rings is 1. The fourth-order valence-electron chi connectivity index (χ4n) is 3.46. The van der Waals surface area contributed by atoms with Gasteiger partial charge in [0.1, 0.15) is 6.04 Å². The van der Waals surface area contributed by atoms with E-state index in [4.69, 9.17) is 11.6 Å². The molecule has 2 atom stereocenters. The summed E-state index contributed by atoms with van der Waals surface area (Å²) in [6.07, 6.45) is 4.39. The van der Waals surface area contributed by atoms with Crippen LogP contribution in [-0.4, -0.2) is 33.5 Å². The molecule has 126 valence electrons. The number of carboxylic acid groups (broad SMARTS) is 1. The van der Waals surface area contributed by atoms with Gasteiger partial charge in [-0.3, -0.25) is 14.7 Å². The highest BCUT2D eigenvalue weighted by molar-refractivity contribution is 6.30. The second kappa shape index (κ2) is 7.32. The van der Waals surface area contributed by atoms with Crippen molar-refractivity contribution in [2.45, 2.75) is 38.3 Å². The SMILES string of the molecule is Cc1cccnc1C(c1ccc(Cl)cc1)N1CCCCC1C(=O)O. The fraction of sp³-hybridized carbons (Fsp3) is 0.368. The molecule has 1 aromatic heterocycles. The zero-order chi connectivity index (χ0) is 17.1. The monoisotopic (exact) mass is 344 g/mol. The number of hydrogen-bond donors (Lipinski definition) is 1. The van der Waals surface area contributed by atoms with E-state index in [2.05, 4.69) is 9.88 Å². The number of rotatable bonds is 4. The highest BCUT2D eigenvalue weighted by Crippen LogP contribution is 2.35. The van der Waals surface area contributed by atoms with Crippen LogP contribution in [0.25, 0.3) is 0 Å². The number of halogens is 1. The lowest BCUT2D eigenvalue weighted by molar-refractivity contribution is -0.145. The molecule has 24 heavy (non-hydrogen) atoms. The average molecular weight is 345 g/mol. The summed E-state index contributed by atoms with van der Waals surface area (Å²) in [7, 11) is 0. The topological polar surface area (TPSA) is 53.4 Å². The highest BCUT2D eigenvalue weighted by atomic mass is 35.5. The van der Waals surface area contributed by atoms with Crippen molar-refractivity contribution in [2.75, 3.05) is 6.54 Å². The number of hydrogen-bond acceptors (Lipinski definition) is 3. The standard InChI is InChI=1S/C19H21ClN2O2/c1-13-5-4-11-21-17(13)18(14-7-9-15(20)10-8-14)22-12-3-2-6-16(22)19(23)24/h4-5,7-11,16,18H,2-3,6,12H2,1H3,(H,23,24).